The van der Waals surface area contributed by atoms with Gasteiger partial charge in [-0.25, -0.2) is 0 Å². The maximum atomic E-state index is 11.6. The summed E-state index contributed by atoms with van der Waals surface area (Å²) in [5, 5.41) is 11.6. The molecule has 0 saturated carbocycles. The number of hydrogen-bond donors (Lipinski definition) is 1. The SMILES string of the molecule is COc1cc2c(cc1/C=C/CC(O)(c1ccccc1)c1ccccc1)OCO2. The summed E-state index contributed by atoms with van der Waals surface area (Å²) < 4.78 is 16.3. The van der Waals surface area contributed by atoms with Gasteiger partial charge in [-0.05, 0) is 17.2 Å². The van der Waals surface area contributed by atoms with E-state index >= 15 is 0 Å². The minimum absolute atomic E-state index is 0.216. The van der Waals surface area contributed by atoms with E-state index in [1.165, 1.54) is 0 Å². The Hall–Kier alpha value is -3.24. The molecule has 1 aliphatic heterocycles. The zero-order valence-corrected chi connectivity index (χ0v) is 15.7. The minimum Gasteiger partial charge on any atom is -0.496 e. The van der Waals surface area contributed by atoms with Crippen LogP contribution in [0.25, 0.3) is 6.08 Å². The molecule has 0 radical (unpaired) electrons. The van der Waals surface area contributed by atoms with Gasteiger partial charge in [-0.1, -0.05) is 72.8 Å². The molecule has 3 aromatic carbocycles. The average Bonchev–Trinajstić information content (AvgIpc) is 3.21. The zero-order chi connectivity index (χ0) is 19.4. The number of ether oxygens (including phenoxy) is 3. The monoisotopic (exact) mass is 374 g/mol. The molecular formula is C24H22O4. The Kier molecular flexibility index (Phi) is 5.04. The fourth-order valence-electron chi connectivity index (χ4n) is 3.43. The second kappa shape index (κ2) is 7.79. The highest BCUT2D eigenvalue weighted by molar-refractivity contribution is 5.64. The lowest BCUT2D eigenvalue weighted by Gasteiger charge is -2.28. The van der Waals surface area contributed by atoms with Gasteiger partial charge in [-0.2, -0.15) is 0 Å². The molecule has 0 fully saturated rings. The van der Waals surface area contributed by atoms with E-state index in [1.54, 1.807) is 7.11 Å². The van der Waals surface area contributed by atoms with Crippen molar-refractivity contribution in [3.05, 3.63) is 95.6 Å². The van der Waals surface area contributed by atoms with Crippen molar-refractivity contribution in [2.24, 2.45) is 0 Å². The first kappa shape index (κ1) is 18.1. The molecule has 4 rings (SSSR count). The van der Waals surface area contributed by atoms with Crippen molar-refractivity contribution >= 4 is 6.08 Å². The number of hydrogen-bond acceptors (Lipinski definition) is 4. The summed E-state index contributed by atoms with van der Waals surface area (Å²) in [7, 11) is 1.62. The second-order valence-electron chi connectivity index (χ2n) is 6.65. The third-order valence-corrected chi connectivity index (χ3v) is 4.94. The van der Waals surface area contributed by atoms with Crippen molar-refractivity contribution in [3.8, 4) is 17.2 Å². The molecule has 1 heterocycles. The predicted molar refractivity (Wildman–Crippen MR) is 109 cm³/mol. The second-order valence-corrected chi connectivity index (χ2v) is 6.65. The molecule has 4 heteroatoms. The lowest BCUT2D eigenvalue weighted by Crippen LogP contribution is -2.26. The van der Waals surface area contributed by atoms with Gasteiger partial charge >= 0.3 is 0 Å². The normalized spacial score (nSPS) is 13.1. The topological polar surface area (TPSA) is 47.9 Å². The summed E-state index contributed by atoms with van der Waals surface area (Å²) in [5.74, 6) is 2.07. The van der Waals surface area contributed by atoms with Crippen LogP contribution >= 0.6 is 0 Å². The van der Waals surface area contributed by atoms with Crippen molar-refractivity contribution in [1.82, 2.24) is 0 Å². The highest BCUT2D eigenvalue weighted by Crippen LogP contribution is 2.39. The molecule has 0 unspecified atom stereocenters. The highest BCUT2D eigenvalue weighted by Gasteiger charge is 2.30. The van der Waals surface area contributed by atoms with Crippen molar-refractivity contribution in [2.75, 3.05) is 13.9 Å². The molecule has 0 saturated heterocycles. The Morgan fingerprint density at radius 1 is 0.929 bits per heavy atom. The third kappa shape index (κ3) is 3.47. The van der Waals surface area contributed by atoms with Crippen LogP contribution in [0, 0.1) is 0 Å². The summed E-state index contributed by atoms with van der Waals surface area (Å²) in [6, 6.07) is 23.1. The van der Waals surface area contributed by atoms with Crippen LogP contribution in [-0.4, -0.2) is 19.0 Å². The highest BCUT2D eigenvalue weighted by atomic mass is 16.7. The number of aliphatic hydroxyl groups is 1. The van der Waals surface area contributed by atoms with E-state index < -0.39 is 5.60 Å². The van der Waals surface area contributed by atoms with Crippen LogP contribution in [0.5, 0.6) is 17.2 Å². The lowest BCUT2D eigenvalue weighted by atomic mass is 9.83. The smallest absolute Gasteiger partial charge is 0.231 e. The lowest BCUT2D eigenvalue weighted by molar-refractivity contribution is 0.0843. The standard InChI is InChI=1S/C24H22O4/c1-26-21-16-23-22(27-17-28-23)15-18(21)9-8-14-24(25,19-10-4-2-5-11-19)20-12-6-3-7-13-20/h2-13,15-16,25H,14,17H2,1H3/b9-8+. The number of methoxy groups -OCH3 is 1. The minimum atomic E-state index is -1.12. The van der Waals surface area contributed by atoms with Crippen LogP contribution in [0.2, 0.25) is 0 Å². The van der Waals surface area contributed by atoms with Gasteiger partial charge in [-0.3, -0.25) is 0 Å². The molecule has 28 heavy (non-hydrogen) atoms. The van der Waals surface area contributed by atoms with Crippen LogP contribution in [0.4, 0.5) is 0 Å². The molecule has 1 N–H and O–H groups in total. The maximum Gasteiger partial charge on any atom is 0.231 e. The van der Waals surface area contributed by atoms with E-state index in [0.717, 1.165) is 16.7 Å². The molecule has 0 bridgehead atoms. The van der Waals surface area contributed by atoms with Crippen molar-refractivity contribution in [3.63, 3.8) is 0 Å². The van der Waals surface area contributed by atoms with Crippen LogP contribution in [0.3, 0.4) is 0 Å². The predicted octanol–water partition coefficient (Wildman–Crippen LogP) is 4.76. The first-order valence-electron chi connectivity index (χ1n) is 9.18. The van der Waals surface area contributed by atoms with E-state index in [4.69, 9.17) is 14.2 Å². The molecule has 0 aromatic heterocycles. The zero-order valence-electron chi connectivity index (χ0n) is 15.7. The van der Waals surface area contributed by atoms with Gasteiger partial charge in [0, 0.05) is 18.1 Å². The summed E-state index contributed by atoms with van der Waals surface area (Å²) in [6.07, 6.45) is 4.32. The third-order valence-electron chi connectivity index (χ3n) is 4.94. The Labute approximate surface area is 164 Å². The first-order chi connectivity index (χ1) is 13.7. The van der Waals surface area contributed by atoms with Crippen molar-refractivity contribution < 1.29 is 19.3 Å². The van der Waals surface area contributed by atoms with Gasteiger partial charge in [-0.15, -0.1) is 0 Å². The van der Waals surface area contributed by atoms with Crippen LogP contribution in [0.1, 0.15) is 23.1 Å². The van der Waals surface area contributed by atoms with Crippen LogP contribution in [-0.2, 0) is 5.60 Å². The van der Waals surface area contributed by atoms with E-state index in [-0.39, 0.29) is 6.79 Å². The van der Waals surface area contributed by atoms with Gasteiger partial charge in [0.25, 0.3) is 0 Å². The summed E-state index contributed by atoms with van der Waals surface area (Å²) in [5.41, 5.74) is 1.45. The molecule has 0 aliphatic carbocycles. The molecule has 1 aliphatic rings. The van der Waals surface area contributed by atoms with Gasteiger partial charge in [0.05, 0.1) is 7.11 Å². The van der Waals surface area contributed by atoms with Crippen molar-refractivity contribution in [1.29, 1.82) is 0 Å². The molecule has 0 atom stereocenters. The van der Waals surface area contributed by atoms with E-state index in [2.05, 4.69) is 0 Å². The fourth-order valence-corrected chi connectivity index (χ4v) is 3.43. The van der Waals surface area contributed by atoms with E-state index in [1.807, 2.05) is 84.9 Å². The summed E-state index contributed by atoms with van der Waals surface area (Å²) >= 11 is 0. The Morgan fingerprint density at radius 2 is 1.50 bits per heavy atom. The summed E-state index contributed by atoms with van der Waals surface area (Å²) in [4.78, 5) is 0. The van der Waals surface area contributed by atoms with Crippen molar-refractivity contribution in [2.45, 2.75) is 12.0 Å². The number of fused-ring (bicyclic) bond motifs is 1. The van der Waals surface area contributed by atoms with E-state index in [9.17, 15) is 5.11 Å². The molecule has 142 valence electrons. The largest absolute Gasteiger partial charge is 0.496 e. The Balaban J connectivity index is 1.66. The molecular weight excluding hydrogens is 352 g/mol. The average molecular weight is 374 g/mol. The van der Waals surface area contributed by atoms with Gasteiger partial charge in [0.2, 0.25) is 6.79 Å². The van der Waals surface area contributed by atoms with E-state index in [0.29, 0.717) is 23.7 Å². The van der Waals surface area contributed by atoms with Gasteiger partial charge < -0.3 is 19.3 Å². The molecule has 3 aromatic rings. The van der Waals surface area contributed by atoms with Gasteiger partial charge in [0.1, 0.15) is 11.4 Å². The van der Waals surface area contributed by atoms with Crippen LogP contribution in [0.15, 0.2) is 78.9 Å². The van der Waals surface area contributed by atoms with Crippen LogP contribution < -0.4 is 14.2 Å². The van der Waals surface area contributed by atoms with Gasteiger partial charge in [0.15, 0.2) is 11.5 Å². The fraction of sp³-hybridized carbons (Fsp3) is 0.167. The molecule has 0 amide bonds. The number of benzene rings is 3. The Bertz CT molecular complexity index is 925. The quantitative estimate of drug-likeness (QED) is 0.676. The molecule has 0 spiro atoms. The Morgan fingerprint density at radius 3 is 2.07 bits per heavy atom. The first-order valence-corrected chi connectivity index (χ1v) is 9.18. The maximum absolute atomic E-state index is 11.6. The number of rotatable bonds is 6. The molecule has 4 nitrogen and oxygen atoms in total. The summed E-state index contributed by atoms with van der Waals surface area (Å²) in [6.45, 7) is 0.216.